The van der Waals surface area contributed by atoms with E-state index < -0.39 is 16.1 Å². The van der Waals surface area contributed by atoms with Gasteiger partial charge in [0.1, 0.15) is 6.04 Å². The average molecular weight is 403 g/mol. The number of piperidine rings is 1. The Bertz CT molecular complexity index is 758. The van der Waals surface area contributed by atoms with E-state index in [9.17, 15) is 18.0 Å². The highest BCUT2D eigenvalue weighted by atomic mass is 35.5. The van der Waals surface area contributed by atoms with Gasteiger partial charge in [-0.15, -0.1) is 0 Å². The molecule has 7 nitrogen and oxygen atoms in total. The molecule has 1 fully saturated rings. The van der Waals surface area contributed by atoms with Gasteiger partial charge in [-0.25, -0.2) is 8.42 Å². The van der Waals surface area contributed by atoms with Gasteiger partial charge in [0.25, 0.3) is 0 Å². The summed E-state index contributed by atoms with van der Waals surface area (Å²) in [7, 11) is -2.33. The molecule has 1 amide bonds. The third-order valence-corrected chi connectivity index (χ3v) is 5.98. The Morgan fingerprint density at radius 2 is 1.77 bits per heavy atom. The molecule has 1 aromatic rings. The minimum atomic E-state index is -3.67. The van der Waals surface area contributed by atoms with Gasteiger partial charge in [0.2, 0.25) is 15.9 Å². The van der Waals surface area contributed by atoms with E-state index in [0.29, 0.717) is 36.6 Å². The summed E-state index contributed by atoms with van der Waals surface area (Å²) in [4.78, 5) is 26.1. The lowest BCUT2D eigenvalue weighted by Crippen LogP contribution is -2.51. The lowest BCUT2D eigenvalue weighted by atomic mass is 9.96. The van der Waals surface area contributed by atoms with E-state index in [1.165, 1.54) is 7.11 Å². The van der Waals surface area contributed by atoms with Crippen LogP contribution in [0.1, 0.15) is 19.8 Å². The highest BCUT2D eigenvalue weighted by Crippen LogP contribution is 2.25. The number of likely N-dealkylation sites (tertiary alicyclic amines) is 1. The summed E-state index contributed by atoms with van der Waals surface area (Å²) in [6, 6.07) is 5.39. The minimum Gasteiger partial charge on any atom is -0.469 e. The summed E-state index contributed by atoms with van der Waals surface area (Å²) in [5, 5.41) is 0.478. The Hall–Kier alpha value is -1.80. The number of carbonyl (C=O) groups excluding carboxylic acids is 2. The van der Waals surface area contributed by atoms with Crippen molar-refractivity contribution < 1.29 is 22.7 Å². The van der Waals surface area contributed by atoms with Crippen molar-refractivity contribution in [3.8, 4) is 0 Å². The molecule has 0 spiro atoms. The highest BCUT2D eigenvalue weighted by Gasteiger charge is 2.35. The van der Waals surface area contributed by atoms with Gasteiger partial charge in [-0.1, -0.05) is 11.6 Å². The molecule has 0 aliphatic carbocycles. The zero-order valence-electron chi connectivity index (χ0n) is 15.0. The van der Waals surface area contributed by atoms with E-state index in [0.717, 1.165) is 10.6 Å². The summed E-state index contributed by atoms with van der Waals surface area (Å²) in [5.74, 6) is -0.792. The minimum absolute atomic E-state index is 0.221. The second-order valence-electron chi connectivity index (χ2n) is 6.33. The van der Waals surface area contributed by atoms with Crippen LogP contribution in [0.25, 0.3) is 0 Å². The molecule has 144 valence electrons. The van der Waals surface area contributed by atoms with Crippen molar-refractivity contribution in [3.63, 3.8) is 0 Å². The van der Waals surface area contributed by atoms with Crippen LogP contribution in [0.3, 0.4) is 0 Å². The fourth-order valence-electron chi connectivity index (χ4n) is 3.16. The van der Waals surface area contributed by atoms with Crippen LogP contribution in [0.4, 0.5) is 5.69 Å². The van der Waals surface area contributed by atoms with E-state index in [2.05, 4.69) is 0 Å². The molecular weight excluding hydrogens is 380 g/mol. The van der Waals surface area contributed by atoms with Gasteiger partial charge in [-0.3, -0.25) is 13.9 Å². The maximum Gasteiger partial charge on any atom is 0.308 e. The van der Waals surface area contributed by atoms with Crippen molar-refractivity contribution in [1.29, 1.82) is 0 Å². The number of hydrogen-bond donors (Lipinski definition) is 0. The maximum atomic E-state index is 12.9. The molecule has 26 heavy (non-hydrogen) atoms. The molecule has 1 atom stereocenters. The predicted molar refractivity (Wildman–Crippen MR) is 99.6 cm³/mol. The first-order valence-electron chi connectivity index (χ1n) is 8.26. The normalized spacial score (nSPS) is 16.8. The Labute approximate surface area is 158 Å². The molecule has 9 heteroatoms. The zero-order valence-corrected chi connectivity index (χ0v) is 16.6. The maximum absolute atomic E-state index is 12.9. The lowest BCUT2D eigenvalue weighted by molar-refractivity contribution is -0.149. The number of sulfonamides is 1. The number of esters is 1. The van der Waals surface area contributed by atoms with Crippen molar-refractivity contribution in [2.45, 2.75) is 25.8 Å². The van der Waals surface area contributed by atoms with E-state index >= 15 is 0 Å². The standard InChI is InChI=1S/C17H23ClN2O5S/c1-12(16(21)19-10-8-13(9-11-19)17(22)25-2)20(26(3,23)24)15-6-4-14(18)5-7-15/h4-7,12-13H,8-11H2,1-3H3. The number of methoxy groups -OCH3 is 1. The zero-order chi connectivity index (χ0) is 19.5. The third-order valence-electron chi connectivity index (χ3n) is 4.49. The number of halogens is 1. The van der Waals surface area contributed by atoms with Crippen molar-refractivity contribution in [3.05, 3.63) is 29.3 Å². The van der Waals surface area contributed by atoms with Gasteiger partial charge < -0.3 is 9.64 Å². The number of nitrogens with zero attached hydrogens (tertiary/aromatic N) is 2. The molecule has 1 aromatic carbocycles. The van der Waals surface area contributed by atoms with Crippen LogP contribution in [0.5, 0.6) is 0 Å². The van der Waals surface area contributed by atoms with Crippen molar-refractivity contribution in [2.75, 3.05) is 30.8 Å². The van der Waals surface area contributed by atoms with Crippen LogP contribution in [-0.2, 0) is 24.3 Å². The van der Waals surface area contributed by atoms with Gasteiger partial charge in [-0.05, 0) is 44.0 Å². The van der Waals surface area contributed by atoms with E-state index in [1.54, 1.807) is 36.1 Å². The number of hydrogen-bond acceptors (Lipinski definition) is 5. The van der Waals surface area contributed by atoms with Gasteiger partial charge in [-0.2, -0.15) is 0 Å². The summed E-state index contributed by atoms with van der Waals surface area (Å²) < 4.78 is 30.4. The van der Waals surface area contributed by atoms with Gasteiger partial charge in [0.15, 0.2) is 0 Å². The molecule has 1 heterocycles. The predicted octanol–water partition coefficient (Wildman–Crippen LogP) is 1.91. The molecule has 1 aliphatic heterocycles. The number of benzene rings is 1. The van der Waals surface area contributed by atoms with Crippen LogP contribution in [0, 0.1) is 5.92 Å². The molecule has 1 saturated heterocycles. The summed E-state index contributed by atoms with van der Waals surface area (Å²) in [6.45, 7) is 2.34. The summed E-state index contributed by atoms with van der Waals surface area (Å²) in [5.41, 5.74) is 0.377. The quantitative estimate of drug-likeness (QED) is 0.702. The number of ether oxygens (including phenoxy) is 1. The Kier molecular flexibility index (Phi) is 6.52. The van der Waals surface area contributed by atoms with Crippen molar-refractivity contribution in [2.24, 2.45) is 5.92 Å². The molecular formula is C17H23ClN2O5S. The molecule has 0 bridgehead atoms. The molecule has 1 unspecified atom stereocenters. The van der Waals surface area contributed by atoms with E-state index in [-0.39, 0.29) is 17.8 Å². The average Bonchev–Trinajstić information content (AvgIpc) is 2.61. The van der Waals surface area contributed by atoms with E-state index in [4.69, 9.17) is 16.3 Å². The lowest BCUT2D eigenvalue weighted by Gasteiger charge is -2.36. The van der Waals surface area contributed by atoms with Crippen LogP contribution in [0.15, 0.2) is 24.3 Å². The second-order valence-corrected chi connectivity index (χ2v) is 8.63. The fourth-order valence-corrected chi connectivity index (χ4v) is 4.45. The molecule has 0 radical (unpaired) electrons. The summed E-state index contributed by atoms with van der Waals surface area (Å²) >= 11 is 5.86. The van der Waals surface area contributed by atoms with Crippen LogP contribution < -0.4 is 4.31 Å². The van der Waals surface area contributed by atoms with Gasteiger partial charge in [0, 0.05) is 18.1 Å². The molecule has 1 aliphatic rings. The van der Waals surface area contributed by atoms with Gasteiger partial charge in [0.05, 0.1) is 25.0 Å². The first-order valence-corrected chi connectivity index (χ1v) is 10.5. The Morgan fingerprint density at radius 3 is 2.23 bits per heavy atom. The molecule has 0 saturated carbocycles. The number of carbonyl (C=O) groups is 2. The largest absolute Gasteiger partial charge is 0.469 e. The third kappa shape index (κ3) is 4.67. The number of rotatable bonds is 5. The highest BCUT2D eigenvalue weighted by molar-refractivity contribution is 7.92. The van der Waals surface area contributed by atoms with Crippen molar-refractivity contribution >= 4 is 39.2 Å². The topological polar surface area (TPSA) is 84.0 Å². The Morgan fingerprint density at radius 1 is 1.23 bits per heavy atom. The SMILES string of the molecule is COC(=O)C1CCN(C(=O)C(C)N(c2ccc(Cl)cc2)S(C)(=O)=O)CC1. The smallest absolute Gasteiger partial charge is 0.308 e. The number of anilines is 1. The van der Waals surface area contributed by atoms with E-state index in [1.807, 2.05) is 0 Å². The molecule has 0 aromatic heterocycles. The molecule has 0 N–H and O–H groups in total. The van der Waals surface area contributed by atoms with Crippen LogP contribution in [0.2, 0.25) is 5.02 Å². The van der Waals surface area contributed by atoms with Gasteiger partial charge >= 0.3 is 5.97 Å². The molecule has 2 rings (SSSR count). The first-order chi connectivity index (χ1) is 12.1. The summed E-state index contributed by atoms with van der Waals surface area (Å²) in [6.07, 6.45) is 2.07. The van der Waals surface area contributed by atoms with Crippen LogP contribution >= 0.6 is 11.6 Å². The van der Waals surface area contributed by atoms with Crippen LogP contribution in [-0.4, -0.2) is 57.7 Å². The van der Waals surface area contributed by atoms with Crippen molar-refractivity contribution in [1.82, 2.24) is 4.90 Å². The first kappa shape index (κ1) is 20.5. The second kappa shape index (κ2) is 8.26. The Balaban J connectivity index is 2.16. The monoisotopic (exact) mass is 402 g/mol. The fraction of sp³-hybridized carbons (Fsp3) is 0.529. The number of amides is 1.